The topological polar surface area (TPSA) is 15.3 Å². The van der Waals surface area contributed by atoms with Gasteiger partial charge in [0.25, 0.3) is 0 Å². The summed E-state index contributed by atoms with van der Waals surface area (Å²) in [6.07, 6.45) is 9.88. The second kappa shape index (κ2) is 6.19. The molecule has 0 bridgehead atoms. The van der Waals surface area contributed by atoms with E-state index >= 15 is 0 Å². The van der Waals surface area contributed by atoms with E-state index in [1.165, 1.54) is 71.1 Å². The Kier molecular flexibility index (Phi) is 4.87. The van der Waals surface area contributed by atoms with Gasteiger partial charge >= 0.3 is 0 Å². The van der Waals surface area contributed by atoms with E-state index in [9.17, 15) is 0 Å². The number of hydrogen-bond donors (Lipinski definition) is 1. The first kappa shape index (κ1) is 13.4. The highest BCUT2D eigenvalue weighted by molar-refractivity contribution is 4.95. The quantitative estimate of drug-likeness (QED) is 0.813. The Labute approximate surface area is 107 Å². The van der Waals surface area contributed by atoms with Gasteiger partial charge in [0.05, 0.1) is 0 Å². The molecule has 0 amide bonds. The van der Waals surface area contributed by atoms with Crippen LogP contribution in [0.15, 0.2) is 0 Å². The molecule has 0 aromatic rings. The number of nitrogens with one attached hydrogen (secondary N) is 1. The van der Waals surface area contributed by atoms with Crippen LogP contribution in [0.4, 0.5) is 0 Å². The van der Waals surface area contributed by atoms with E-state index in [0.717, 1.165) is 5.92 Å². The van der Waals surface area contributed by atoms with Crippen molar-refractivity contribution >= 4 is 0 Å². The van der Waals surface area contributed by atoms with Crippen molar-refractivity contribution in [2.45, 2.75) is 64.3 Å². The standard InChI is InChI=1S/C15H30N2/c1-14(2)13-15(7-9-16-10-8-15)17-11-5-3-4-6-12-17/h14,16H,3-13H2,1-2H3. The van der Waals surface area contributed by atoms with Crippen molar-refractivity contribution in [1.82, 2.24) is 10.2 Å². The van der Waals surface area contributed by atoms with Gasteiger partial charge in [-0.3, -0.25) is 4.90 Å². The van der Waals surface area contributed by atoms with Crippen LogP contribution in [0.3, 0.4) is 0 Å². The molecular weight excluding hydrogens is 208 g/mol. The minimum Gasteiger partial charge on any atom is -0.317 e. The van der Waals surface area contributed by atoms with Crippen LogP contribution in [0.5, 0.6) is 0 Å². The third-order valence-electron chi connectivity index (χ3n) is 4.60. The summed E-state index contributed by atoms with van der Waals surface area (Å²) in [5.74, 6) is 0.830. The second-order valence-electron chi connectivity index (χ2n) is 6.47. The molecule has 0 spiro atoms. The molecule has 2 saturated heterocycles. The van der Waals surface area contributed by atoms with E-state index in [1.807, 2.05) is 0 Å². The van der Waals surface area contributed by atoms with Crippen LogP contribution in [-0.4, -0.2) is 36.6 Å². The van der Waals surface area contributed by atoms with Crippen molar-refractivity contribution in [3.05, 3.63) is 0 Å². The zero-order valence-corrected chi connectivity index (χ0v) is 11.8. The average Bonchev–Trinajstić information content (AvgIpc) is 2.58. The summed E-state index contributed by atoms with van der Waals surface area (Å²) >= 11 is 0. The molecule has 2 rings (SSSR count). The van der Waals surface area contributed by atoms with Crippen molar-refractivity contribution in [3.63, 3.8) is 0 Å². The first-order valence-electron chi connectivity index (χ1n) is 7.69. The minimum atomic E-state index is 0.532. The fraction of sp³-hybridized carbons (Fsp3) is 1.00. The molecule has 2 heteroatoms. The van der Waals surface area contributed by atoms with Crippen molar-refractivity contribution in [1.29, 1.82) is 0 Å². The summed E-state index contributed by atoms with van der Waals surface area (Å²) in [6, 6.07) is 0. The van der Waals surface area contributed by atoms with Gasteiger partial charge in [-0.05, 0) is 64.2 Å². The molecule has 0 aliphatic carbocycles. The molecule has 2 heterocycles. The van der Waals surface area contributed by atoms with E-state index in [2.05, 4.69) is 24.1 Å². The summed E-state index contributed by atoms with van der Waals surface area (Å²) in [5.41, 5.74) is 0.532. The Hall–Kier alpha value is -0.0800. The van der Waals surface area contributed by atoms with Gasteiger partial charge in [-0.2, -0.15) is 0 Å². The van der Waals surface area contributed by atoms with Gasteiger partial charge in [0.15, 0.2) is 0 Å². The third-order valence-corrected chi connectivity index (χ3v) is 4.60. The zero-order chi connectivity index (χ0) is 12.1. The molecule has 0 radical (unpaired) electrons. The number of nitrogens with zero attached hydrogens (tertiary/aromatic N) is 1. The molecule has 1 N–H and O–H groups in total. The lowest BCUT2D eigenvalue weighted by Gasteiger charge is -2.48. The fourth-order valence-electron chi connectivity index (χ4n) is 3.85. The van der Waals surface area contributed by atoms with Crippen LogP contribution in [0, 0.1) is 5.92 Å². The Morgan fingerprint density at radius 3 is 2.12 bits per heavy atom. The van der Waals surface area contributed by atoms with Gasteiger partial charge in [0.2, 0.25) is 0 Å². The van der Waals surface area contributed by atoms with Gasteiger partial charge in [0, 0.05) is 5.54 Å². The molecule has 2 fully saturated rings. The molecule has 0 aromatic heterocycles. The minimum absolute atomic E-state index is 0.532. The molecule has 0 unspecified atom stereocenters. The predicted octanol–water partition coefficient (Wildman–Crippen LogP) is 3.03. The van der Waals surface area contributed by atoms with Gasteiger partial charge in [0.1, 0.15) is 0 Å². The zero-order valence-electron chi connectivity index (χ0n) is 11.8. The normalized spacial score (nSPS) is 27.0. The highest BCUT2D eigenvalue weighted by Gasteiger charge is 2.38. The van der Waals surface area contributed by atoms with E-state index in [1.54, 1.807) is 0 Å². The van der Waals surface area contributed by atoms with Crippen molar-refractivity contribution in [2.75, 3.05) is 26.2 Å². The number of likely N-dealkylation sites (tertiary alicyclic amines) is 1. The fourth-order valence-corrected chi connectivity index (χ4v) is 3.85. The van der Waals surface area contributed by atoms with E-state index in [4.69, 9.17) is 0 Å². The molecular formula is C15H30N2. The maximum absolute atomic E-state index is 3.54. The molecule has 0 atom stereocenters. The first-order chi connectivity index (χ1) is 8.23. The third kappa shape index (κ3) is 3.45. The molecule has 100 valence electrons. The highest BCUT2D eigenvalue weighted by atomic mass is 15.2. The highest BCUT2D eigenvalue weighted by Crippen LogP contribution is 2.34. The van der Waals surface area contributed by atoms with E-state index in [-0.39, 0.29) is 0 Å². The molecule has 2 aliphatic heterocycles. The summed E-state index contributed by atoms with van der Waals surface area (Å²) in [4.78, 5) is 2.86. The smallest absolute Gasteiger partial charge is 0.0236 e. The summed E-state index contributed by atoms with van der Waals surface area (Å²) < 4.78 is 0. The van der Waals surface area contributed by atoms with E-state index < -0.39 is 0 Å². The van der Waals surface area contributed by atoms with Crippen molar-refractivity contribution < 1.29 is 0 Å². The lowest BCUT2D eigenvalue weighted by Crippen LogP contribution is -2.55. The van der Waals surface area contributed by atoms with Gasteiger partial charge in [-0.1, -0.05) is 26.7 Å². The van der Waals surface area contributed by atoms with Crippen molar-refractivity contribution in [2.24, 2.45) is 5.92 Å². The molecule has 2 nitrogen and oxygen atoms in total. The van der Waals surface area contributed by atoms with Crippen LogP contribution in [-0.2, 0) is 0 Å². The van der Waals surface area contributed by atoms with Crippen LogP contribution >= 0.6 is 0 Å². The molecule has 0 saturated carbocycles. The summed E-state index contributed by atoms with van der Waals surface area (Å²) in [5, 5.41) is 3.54. The van der Waals surface area contributed by atoms with E-state index in [0.29, 0.717) is 5.54 Å². The predicted molar refractivity (Wildman–Crippen MR) is 74.3 cm³/mol. The largest absolute Gasteiger partial charge is 0.317 e. The Bertz CT molecular complexity index is 211. The number of piperidine rings is 1. The molecule has 0 aromatic carbocycles. The van der Waals surface area contributed by atoms with Gasteiger partial charge in [-0.25, -0.2) is 0 Å². The van der Waals surface area contributed by atoms with Crippen LogP contribution in [0.2, 0.25) is 0 Å². The molecule has 2 aliphatic rings. The van der Waals surface area contributed by atoms with Gasteiger partial charge < -0.3 is 5.32 Å². The van der Waals surface area contributed by atoms with Crippen LogP contribution < -0.4 is 5.32 Å². The van der Waals surface area contributed by atoms with Gasteiger partial charge in [-0.15, -0.1) is 0 Å². The maximum Gasteiger partial charge on any atom is 0.0236 e. The van der Waals surface area contributed by atoms with Crippen LogP contribution in [0.25, 0.3) is 0 Å². The Balaban J connectivity index is 2.06. The Morgan fingerprint density at radius 1 is 1.00 bits per heavy atom. The number of hydrogen-bond acceptors (Lipinski definition) is 2. The first-order valence-corrected chi connectivity index (χ1v) is 7.69. The molecule has 17 heavy (non-hydrogen) atoms. The average molecular weight is 238 g/mol. The van der Waals surface area contributed by atoms with Crippen molar-refractivity contribution in [3.8, 4) is 0 Å². The lowest BCUT2D eigenvalue weighted by atomic mass is 9.79. The Morgan fingerprint density at radius 2 is 1.59 bits per heavy atom. The van der Waals surface area contributed by atoms with Crippen LogP contribution in [0.1, 0.15) is 58.8 Å². The summed E-state index contributed by atoms with van der Waals surface area (Å²) in [7, 11) is 0. The lowest BCUT2D eigenvalue weighted by molar-refractivity contribution is 0.0401. The monoisotopic (exact) mass is 238 g/mol. The summed E-state index contributed by atoms with van der Waals surface area (Å²) in [6.45, 7) is 9.94. The maximum atomic E-state index is 3.54. The number of rotatable bonds is 3. The second-order valence-corrected chi connectivity index (χ2v) is 6.47. The SMILES string of the molecule is CC(C)CC1(N2CCCCCC2)CCNCC1.